The Morgan fingerprint density at radius 2 is 1.95 bits per heavy atom. The number of benzene rings is 1. The number of carbonyl (C=O) groups excluding carboxylic acids is 2. The summed E-state index contributed by atoms with van der Waals surface area (Å²) in [6.45, 7) is 4.73. The van der Waals surface area contributed by atoms with Gasteiger partial charge in [-0.1, -0.05) is 13.0 Å². The van der Waals surface area contributed by atoms with Crippen LogP contribution in [0.5, 0.6) is 0 Å². The number of sulfonamides is 1. The van der Waals surface area contributed by atoms with E-state index in [0.29, 0.717) is 5.56 Å². The Morgan fingerprint density at radius 1 is 1.36 bits per heavy atom. The Labute approximate surface area is 129 Å². The van der Waals surface area contributed by atoms with Crippen LogP contribution in [0.3, 0.4) is 0 Å². The van der Waals surface area contributed by atoms with Crippen molar-refractivity contribution >= 4 is 21.9 Å². The normalized spacial score (nSPS) is 14.2. The summed E-state index contributed by atoms with van der Waals surface area (Å²) in [5.74, 6) is -1.42. The van der Waals surface area contributed by atoms with E-state index in [4.69, 9.17) is 5.73 Å². The minimum Gasteiger partial charge on any atom is -0.468 e. The molecular weight excluding hydrogens is 308 g/mol. The summed E-state index contributed by atoms with van der Waals surface area (Å²) in [5.41, 5.74) is 4.50. The number of rotatable bonds is 6. The van der Waals surface area contributed by atoms with Crippen LogP contribution < -0.4 is 10.5 Å². The molecule has 0 bridgehead atoms. The fourth-order valence-electron chi connectivity index (χ4n) is 1.87. The van der Waals surface area contributed by atoms with Crippen LogP contribution in [0.15, 0.2) is 23.1 Å². The van der Waals surface area contributed by atoms with E-state index in [9.17, 15) is 18.0 Å². The molecule has 1 aromatic carbocycles. The van der Waals surface area contributed by atoms with Crippen LogP contribution in [-0.2, 0) is 19.6 Å². The lowest BCUT2D eigenvalue weighted by atomic mass is 10.0. The number of amides is 1. The Bertz CT molecular complexity index is 699. The molecule has 0 heterocycles. The molecule has 0 aliphatic carbocycles. The lowest BCUT2D eigenvalue weighted by Crippen LogP contribution is -2.52. The molecule has 0 aliphatic rings. The van der Waals surface area contributed by atoms with Gasteiger partial charge in [-0.15, -0.1) is 0 Å². The molecule has 0 aromatic heterocycles. The summed E-state index contributed by atoms with van der Waals surface area (Å²) in [4.78, 5) is 23.0. The van der Waals surface area contributed by atoms with Crippen molar-refractivity contribution in [1.82, 2.24) is 4.72 Å². The summed E-state index contributed by atoms with van der Waals surface area (Å²) in [6.07, 6.45) is 0.202. The highest BCUT2D eigenvalue weighted by Gasteiger charge is 2.37. The molecule has 1 unspecified atom stereocenters. The molecule has 1 aromatic rings. The van der Waals surface area contributed by atoms with Crippen LogP contribution in [0.25, 0.3) is 0 Å². The van der Waals surface area contributed by atoms with Crippen LogP contribution in [0.1, 0.15) is 36.2 Å². The summed E-state index contributed by atoms with van der Waals surface area (Å²) in [6, 6.07) is 4.01. The minimum absolute atomic E-state index is 0.110. The van der Waals surface area contributed by atoms with Gasteiger partial charge in [0.25, 0.3) is 0 Å². The quantitative estimate of drug-likeness (QED) is 0.746. The summed E-state index contributed by atoms with van der Waals surface area (Å²) < 4.78 is 31.8. The maximum Gasteiger partial charge on any atom is 0.326 e. The van der Waals surface area contributed by atoms with Gasteiger partial charge in [0, 0.05) is 5.56 Å². The van der Waals surface area contributed by atoms with Crippen molar-refractivity contribution in [3.8, 4) is 0 Å². The van der Waals surface area contributed by atoms with Gasteiger partial charge in [-0.05, 0) is 38.0 Å². The highest BCUT2D eigenvalue weighted by Crippen LogP contribution is 2.20. The third kappa shape index (κ3) is 3.63. The first kappa shape index (κ1) is 18.1. The summed E-state index contributed by atoms with van der Waals surface area (Å²) >= 11 is 0. The van der Waals surface area contributed by atoms with E-state index in [2.05, 4.69) is 9.46 Å². The van der Waals surface area contributed by atoms with Crippen molar-refractivity contribution in [1.29, 1.82) is 0 Å². The molecule has 1 amide bonds. The molecule has 1 rings (SSSR count). The Kier molecular flexibility index (Phi) is 5.31. The molecule has 0 saturated heterocycles. The number of aryl methyl sites for hydroxylation is 1. The molecule has 0 fully saturated rings. The first-order valence-corrected chi connectivity index (χ1v) is 8.08. The largest absolute Gasteiger partial charge is 0.468 e. The zero-order valence-electron chi connectivity index (χ0n) is 13.0. The zero-order valence-corrected chi connectivity index (χ0v) is 13.8. The van der Waals surface area contributed by atoms with Crippen molar-refractivity contribution < 1.29 is 22.7 Å². The topological polar surface area (TPSA) is 116 Å². The van der Waals surface area contributed by atoms with Crippen LogP contribution in [0.4, 0.5) is 0 Å². The van der Waals surface area contributed by atoms with Gasteiger partial charge in [0.1, 0.15) is 5.54 Å². The van der Waals surface area contributed by atoms with Gasteiger partial charge in [-0.25, -0.2) is 8.42 Å². The van der Waals surface area contributed by atoms with Crippen molar-refractivity contribution in [2.24, 2.45) is 5.73 Å². The smallest absolute Gasteiger partial charge is 0.326 e. The molecule has 3 N–H and O–H groups in total. The summed E-state index contributed by atoms with van der Waals surface area (Å²) in [7, 11) is -2.83. The monoisotopic (exact) mass is 328 g/mol. The average Bonchev–Trinajstić information content (AvgIpc) is 2.45. The van der Waals surface area contributed by atoms with Crippen LogP contribution >= 0.6 is 0 Å². The Morgan fingerprint density at radius 3 is 2.41 bits per heavy atom. The molecule has 0 aliphatic heterocycles. The van der Waals surface area contributed by atoms with E-state index in [1.165, 1.54) is 32.2 Å². The highest BCUT2D eigenvalue weighted by atomic mass is 32.2. The number of nitrogens with two attached hydrogens (primary N) is 1. The Hall–Kier alpha value is -1.93. The van der Waals surface area contributed by atoms with E-state index in [1.54, 1.807) is 13.8 Å². The molecule has 0 saturated carbocycles. The van der Waals surface area contributed by atoms with Crippen molar-refractivity contribution in [3.63, 3.8) is 0 Å². The number of nitrogens with one attached hydrogen (secondary N) is 1. The SMILES string of the molecule is CCC(C)(NS(=O)(=O)c1ccc(C)c(C(N)=O)c1)C(=O)OC. The highest BCUT2D eigenvalue weighted by molar-refractivity contribution is 7.89. The van der Waals surface area contributed by atoms with E-state index < -0.39 is 27.4 Å². The summed E-state index contributed by atoms with van der Waals surface area (Å²) in [5, 5.41) is 0. The van der Waals surface area contributed by atoms with E-state index in [1.807, 2.05) is 0 Å². The third-order valence-corrected chi connectivity index (χ3v) is 5.08. The number of ether oxygens (including phenoxy) is 1. The maximum atomic E-state index is 12.4. The molecule has 1 atom stereocenters. The lowest BCUT2D eigenvalue weighted by molar-refractivity contribution is -0.147. The first-order valence-electron chi connectivity index (χ1n) is 6.60. The molecule has 0 radical (unpaired) electrons. The maximum absolute atomic E-state index is 12.4. The van der Waals surface area contributed by atoms with Gasteiger partial charge >= 0.3 is 5.97 Å². The van der Waals surface area contributed by atoms with Crippen LogP contribution in [0, 0.1) is 6.92 Å². The van der Waals surface area contributed by atoms with Gasteiger partial charge in [0.2, 0.25) is 15.9 Å². The number of primary amides is 1. The lowest BCUT2D eigenvalue weighted by Gasteiger charge is -2.26. The molecular formula is C14H20N2O5S. The fraction of sp³-hybridized carbons (Fsp3) is 0.429. The second kappa shape index (κ2) is 6.45. The third-order valence-electron chi connectivity index (χ3n) is 3.49. The zero-order chi connectivity index (χ0) is 17.1. The molecule has 122 valence electrons. The van der Waals surface area contributed by atoms with Gasteiger partial charge < -0.3 is 10.5 Å². The second-order valence-electron chi connectivity index (χ2n) is 5.12. The number of hydrogen-bond acceptors (Lipinski definition) is 5. The average molecular weight is 328 g/mol. The van der Waals surface area contributed by atoms with Crippen molar-refractivity contribution in [2.75, 3.05) is 7.11 Å². The number of esters is 1. The predicted molar refractivity (Wildman–Crippen MR) is 80.7 cm³/mol. The van der Waals surface area contributed by atoms with Gasteiger partial charge in [0.05, 0.1) is 12.0 Å². The van der Waals surface area contributed by atoms with Gasteiger partial charge in [-0.3, -0.25) is 9.59 Å². The van der Waals surface area contributed by atoms with E-state index >= 15 is 0 Å². The van der Waals surface area contributed by atoms with Gasteiger partial charge in [0.15, 0.2) is 0 Å². The van der Waals surface area contributed by atoms with Crippen molar-refractivity contribution in [2.45, 2.75) is 37.6 Å². The van der Waals surface area contributed by atoms with Gasteiger partial charge in [-0.2, -0.15) is 4.72 Å². The van der Waals surface area contributed by atoms with Crippen LogP contribution in [0.2, 0.25) is 0 Å². The first-order chi connectivity index (χ1) is 10.1. The standard InChI is InChI=1S/C14H20N2O5S/c1-5-14(3,13(18)21-4)16-22(19,20)10-7-6-9(2)11(8-10)12(15)17/h6-8,16H,5H2,1-4H3,(H2,15,17). The number of methoxy groups -OCH3 is 1. The fourth-order valence-corrected chi connectivity index (χ4v) is 3.33. The van der Waals surface area contributed by atoms with E-state index in [-0.39, 0.29) is 16.9 Å². The number of hydrogen-bond donors (Lipinski definition) is 2. The Balaban J connectivity index is 3.28. The molecule has 8 heteroatoms. The molecule has 7 nitrogen and oxygen atoms in total. The second-order valence-corrected chi connectivity index (χ2v) is 6.81. The molecule has 0 spiro atoms. The van der Waals surface area contributed by atoms with Crippen LogP contribution in [-0.4, -0.2) is 32.9 Å². The predicted octanol–water partition coefficient (Wildman–Crippen LogP) is 0.714. The minimum atomic E-state index is -4.02. The molecule has 22 heavy (non-hydrogen) atoms. The van der Waals surface area contributed by atoms with E-state index in [0.717, 1.165) is 0 Å². The van der Waals surface area contributed by atoms with Crippen molar-refractivity contribution in [3.05, 3.63) is 29.3 Å². The number of carbonyl (C=O) groups is 2.